The number of rotatable bonds is 3. The maximum atomic E-state index is 11.6. The number of H-pyrrole nitrogens is 1. The van der Waals surface area contributed by atoms with Crippen molar-refractivity contribution in [2.75, 3.05) is 5.32 Å². The van der Waals surface area contributed by atoms with Crippen molar-refractivity contribution in [1.82, 2.24) is 20.6 Å². The Labute approximate surface area is 106 Å². The third-order valence-electron chi connectivity index (χ3n) is 1.93. The van der Waals surface area contributed by atoms with Gasteiger partial charge in [-0.25, -0.2) is 0 Å². The highest BCUT2D eigenvalue weighted by Gasteiger charge is 2.10. The molecule has 0 saturated carbocycles. The molecule has 0 bridgehead atoms. The molecule has 0 atom stereocenters. The molecule has 2 rings (SSSR count). The summed E-state index contributed by atoms with van der Waals surface area (Å²) in [6, 6.07) is 4.99. The van der Waals surface area contributed by atoms with E-state index in [1.54, 1.807) is 18.2 Å². The fourth-order valence-electron chi connectivity index (χ4n) is 1.20. The van der Waals surface area contributed by atoms with Crippen LogP contribution in [0.15, 0.2) is 18.2 Å². The molecular formula is C9H7Cl2N5O. The number of hydrogen-bond donors (Lipinski definition) is 2. The Hall–Kier alpha value is -1.66. The summed E-state index contributed by atoms with van der Waals surface area (Å²) in [5, 5.41) is 16.2. The number of aromatic amines is 1. The second-order valence-electron chi connectivity index (χ2n) is 3.15. The Kier molecular flexibility index (Phi) is 3.55. The van der Waals surface area contributed by atoms with Gasteiger partial charge in [-0.2, -0.15) is 5.21 Å². The van der Waals surface area contributed by atoms with Crippen LogP contribution in [0, 0.1) is 0 Å². The van der Waals surface area contributed by atoms with Gasteiger partial charge in [0.05, 0.1) is 22.2 Å². The van der Waals surface area contributed by atoms with Crippen LogP contribution in [0.3, 0.4) is 0 Å². The molecule has 0 fully saturated rings. The number of nitrogens with one attached hydrogen (secondary N) is 2. The second kappa shape index (κ2) is 5.11. The number of aromatic nitrogens is 4. The number of amides is 1. The summed E-state index contributed by atoms with van der Waals surface area (Å²) >= 11 is 11.7. The minimum absolute atomic E-state index is 0.0132. The largest absolute Gasteiger partial charge is 0.324 e. The first-order chi connectivity index (χ1) is 8.16. The molecule has 0 unspecified atom stereocenters. The Bertz CT molecular complexity index is 528. The van der Waals surface area contributed by atoms with Crippen molar-refractivity contribution in [3.05, 3.63) is 34.1 Å². The first-order valence-electron chi connectivity index (χ1n) is 4.63. The van der Waals surface area contributed by atoms with Crippen LogP contribution in [0.5, 0.6) is 0 Å². The third kappa shape index (κ3) is 2.92. The van der Waals surface area contributed by atoms with Gasteiger partial charge < -0.3 is 5.32 Å². The van der Waals surface area contributed by atoms with E-state index in [9.17, 15) is 4.79 Å². The number of carbonyl (C=O) groups is 1. The average Bonchev–Trinajstić information content (AvgIpc) is 2.77. The highest BCUT2D eigenvalue weighted by atomic mass is 35.5. The Morgan fingerprint density at radius 2 is 2.24 bits per heavy atom. The number of anilines is 1. The third-order valence-corrected chi connectivity index (χ3v) is 2.75. The first-order valence-corrected chi connectivity index (χ1v) is 5.38. The Morgan fingerprint density at radius 1 is 1.41 bits per heavy atom. The summed E-state index contributed by atoms with van der Waals surface area (Å²) < 4.78 is 0. The average molecular weight is 272 g/mol. The number of halogens is 2. The van der Waals surface area contributed by atoms with E-state index in [0.29, 0.717) is 21.6 Å². The molecule has 0 aliphatic rings. The van der Waals surface area contributed by atoms with Gasteiger partial charge in [0.1, 0.15) is 0 Å². The molecule has 0 aliphatic heterocycles. The Balaban J connectivity index is 2.06. The van der Waals surface area contributed by atoms with Gasteiger partial charge in [0, 0.05) is 0 Å². The maximum absolute atomic E-state index is 11.6. The van der Waals surface area contributed by atoms with Gasteiger partial charge in [-0.1, -0.05) is 34.5 Å². The Morgan fingerprint density at radius 3 is 2.94 bits per heavy atom. The molecule has 1 aromatic carbocycles. The van der Waals surface area contributed by atoms with Gasteiger partial charge in [-0.05, 0) is 12.1 Å². The zero-order valence-corrected chi connectivity index (χ0v) is 9.96. The van der Waals surface area contributed by atoms with Crippen LogP contribution in [0.25, 0.3) is 0 Å². The van der Waals surface area contributed by atoms with Crippen molar-refractivity contribution in [3.8, 4) is 0 Å². The summed E-state index contributed by atoms with van der Waals surface area (Å²) in [4.78, 5) is 11.6. The van der Waals surface area contributed by atoms with E-state index >= 15 is 0 Å². The van der Waals surface area contributed by atoms with Crippen molar-refractivity contribution in [1.29, 1.82) is 0 Å². The fraction of sp³-hybridized carbons (Fsp3) is 0.111. The standard InChI is InChI=1S/C9H7Cl2N5O/c10-5-2-1-3-6(9(5)11)12-8(17)4-7-13-15-16-14-7/h1-3H,4H2,(H,12,17)(H,13,14,15,16). The van der Waals surface area contributed by atoms with Gasteiger partial charge in [0.15, 0.2) is 5.82 Å². The van der Waals surface area contributed by atoms with Gasteiger partial charge in [0.2, 0.25) is 5.91 Å². The monoisotopic (exact) mass is 271 g/mol. The van der Waals surface area contributed by atoms with E-state index < -0.39 is 0 Å². The molecule has 0 radical (unpaired) electrons. The van der Waals surface area contributed by atoms with Crippen molar-refractivity contribution >= 4 is 34.8 Å². The van der Waals surface area contributed by atoms with Crippen LogP contribution in [-0.2, 0) is 11.2 Å². The van der Waals surface area contributed by atoms with Crippen LogP contribution < -0.4 is 5.32 Å². The van der Waals surface area contributed by atoms with Crippen molar-refractivity contribution in [2.24, 2.45) is 0 Å². The lowest BCUT2D eigenvalue weighted by Crippen LogP contribution is -2.15. The van der Waals surface area contributed by atoms with Crippen LogP contribution >= 0.6 is 23.2 Å². The number of hydrogen-bond acceptors (Lipinski definition) is 4. The smallest absolute Gasteiger partial charge is 0.232 e. The molecule has 1 heterocycles. The van der Waals surface area contributed by atoms with Crippen LogP contribution in [0.2, 0.25) is 10.0 Å². The zero-order chi connectivity index (χ0) is 12.3. The predicted octanol–water partition coefficient (Wildman–Crippen LogP) is 1.69. The van der Waals surface area contributed by atoms with E-state index in [1.807, 2.05) is 0 Å². The van der Waals surface area contributed by atoms with E-state index in [2.05, 4.69) is 25.9 Å². The molecule has 0 spiro atoms. The van der Waals surface area contributed by atoms with E-state index in [1.165, 1.54) is 0 Å². The molecule has 2 N–H and O–H groups in total. The van der Waals surface area contributed by atoms with Gasteiger partial charge >= 0.3 is 0 Å². The molecule has 6 nitrogen and oxygen atoms in total. The van der Waals surface area contributed by atoms with Crippen molar-refractivity contribution in [3.63, 3.8) is 0 Å². The number of tetrazole rings is 1. The SMILES string of the molecule is O=C(Cc1nn[nH]n1)Nc1cccc(Cl)c1Cl. The van der Waals surface area contributed by atoms with Gasteiger partial charge in [0.25, 0.3) is 0 Å². The highest BCUT2D eigenvalue weighted by Crippen LogP contribution is 2.29. The fourth-order valence-corrected chi connectivity index (χ4v) is 1.54. The normalized spacial score (nSPS) is 10.2. The topological polar surface area (TPSA) is 83.6 Å². The molecule has 0 aliphatic carbocycles. The predicted molar refractivity (Wildman–Crippen MR) is 63.0 cm³/mol. The lowest BCUT2D eigenvalue weighted by molar-refractivity contribution is -0.115. The summed E-state index contributed by atoms with van der Waals surface area (Å²) in [5.41, 5.74) is 0.452. The van der Waals surface area contributed by atoms with Crippen LogP contribution in [-0.4, -0.2) is 26.5 Å². The molecule has 1 aromatic heterocycles. The van der Waals surface area contributed by atoms with E-state index in [4.69, 9.17) is 23.2 Å². The lowest BCUT2D eigenvalue weighted by Gasteiger charge is -2.06. The maximum Gasteiger partial charge on any atom is 0.232 e. The lowest BCUT2D eigenvalue weighted by atomic mass is 10.3. The summed E-state index contributed by atoms with van der Waals surface area (Å²) in [6.07, 6.45) is 0.0132. The van der Waals surface area contributed by atoms with Crippen molar-refractivity contribution < 1.29 is 4.79 Å². The van der Waals surface area contributed by atoms with Gasteiger partial charge in [-0.15, -0.1) is 10.2 Å². The summed E-state index contributed by atoms with van der Waals surface area (Å²) in [5.74, 6) is 0.0104. The van der Waals surface area contributed by atoms with Gasteiger partial charge in [-0.3, -0.25) is 4.79 Å². The minimum Gasteiger partial charge on any atom is -0.324 e. The minimum atomic E-state index is -0.296. The molecule has 1 amide bonds. The van der Waals surface area contributed by atoms with Crippen molar-refractivity contribution in [2.45, 2.75) is 6.42 Å². The second-order valence-corrected chi connectivity index (χ2v) is 3.94. The molecule has 8 heteroatoms. The molecule has 2 aromatic rings. The molecule has 17 heavy (non-hydrogen) atoms. The molecular weight excluding hydrogens is 265 g/mol. The first kappa shape index (κ1) is 11.8. The zero-order valence-electron chi connectivity index (χ0n) is 8.44. The number of carbonyl (C=O) groups excluding carboxylic acids is 1. The summed E-state index contributed by atoms with van der Waals surface area (Å²) in [7, 11) is 0. The van der Waals surface area contributed by atoms with Crippen LogP contribution in [0.4, 0.5) is 5.69 Å². The summed E-state index contributed by atoms with van der Waals surface area (Å²) in [6.45, 7) is 0. The van der Waals surface area contributed by atoms with E-state index in [-0.39, 0.29) is 12.3 Å². The molecule has 88 valence electrons. The number of benzene rings is 1. The highest BCUT2D eigenvalue weighted by molar-refractivity contribution is 6.43. The number of nitrogens with zero attached hydrogens (tertiary/aromatic N) is 3. The quantitative estimate of drug-likeness (QED) is 0.890. The molecule has 0 saturated heterocycles. The van der Waals surface area contributed by atoms with E-state index in [0.717, 1.165) is 0 Å². The van der Waals surface area contributed by atoms with Crippen LogP contribution in [0.1, 0.15) is 5.82 Å².